The number of nitriles is 1. The van der Waals surface area contributed by atoms with Gasteiger partial charge in [0, 0.05) is 45.0 Å². The molecule has 1 fully saturated rings. The summed E-state index contributed by atoms with van der Waals surface area (Å²) in [6.45, 7) is 4.52. The molecule has 112 valence electrons. The molecule has 7 heteroatoms. The zero-order valence-electron chi connectivity index (χ0n) is 12.1. The van der Waals surface area contributed by atoms with Gasteiger partial charge in [0.2, 0.25) is 0 Å². The van der Waals surface area contributed by atoms with Gasteiger partial charge in [-0.3, -0.25) is 14.4 Å². The molecule has 2 rings (SSSR count). The van der Waals surface area contributed by atoms with E-state index < -0.39 is 0 Å². The normalized spacial score (nSPS) is 16.5. The highest BCUT2D eigenvalue weighted by atomic mass is 16.5. The molecule has 1 aromatic heterocycles. The van der Waals surface area contributed by atoms with Crippen LogP contribution in [0.25, 0.3) is 6.08 Å². The molecule has 0 unspecified atom stereocenters. The maximum atomic E-state index is 12.0. The van der Waals surface area contributed by atoms with Crippen molar-refractivity contribution in [3.05, 3.63) is 23.5 Å². The van der Waals surface area contributed by atoms with E-state index in [1.807, 2.05) is 6.07 Å². The predicted molar refractivity (Wildman–Crippen MR) is 77.1 cm³/mol. The van der Waals surface area contributed by atoms with Gasteiger partial charge in [0.15, 0.2) is 0 Å². The van der Waals surface area contributed by atoms with Crippen LogP contribution < -0.4 is 5.32 Å². The Morgan fingerprint density at radius 2 is 2.33 bits per heavy atom. The smallest absolute Gasteiger partial charge is 0.262 e. The van der Waals surface area contributed by atoms with Crippen LogP contribution in [0, 0.1) is 11.3 Å². The molecule has 1 amide bonds. The number of nitrogens with zero attached hydrogens (tertiary/aromatic N) is 4. The molecular weight excluding hydrogens is 270 g/mol. The van der Waals surface area contributed by atoms with Crippen molar-refractivity contribution in [2.24, 2.45) is 7.05 Å². The summed E-state index contributed by atoms with van der Waals surface area (Å²) in [5.74, 6) is -0.352. The van der Waals surface area contributed by atoms with Gasteiger partial charge in [0.05, 0.1) is 19.4 Å². The van der Waals surface area contributed by atoms with Crippen LogP contribution in [0.4, 0.5) is 0 Å². The van der Waals surface area contributed by atoms with E-state index in [0.717, 1.165) is 38.4 Å². The van der Waals surface area contributed by atoms with Crippen molar-refractivity contribution >= 4 is 12.0 Å². The molecule has 1 saturated heterocycles. The zero-order chi connectivity index (χ0) is 15.1. The first-order valence-corrected chi connectivity index (χ1v) is 6.88. The Kier molecular flexibility index (Phi) is 5.49. The summed E-state index contributed by atoms with van der Waals surface area (Å²) < 4.78 is 6.88. The Morgan fingerprint density at radius 1 is 1.57 bits per heavy atom. The molecule has 1 N–H and O–H groups in total. The molecule has 0 bridgehead atoms. The van der Waals surface area contributed by atoms with Gasteiger partial charge in [-0.15, -0.1) is 0 Å². The second-order valence-electron chi connectivity index (χ2n) is 4.83. The predicted octanol–water partition coefficient (Wildman–Crippen LogP) is -0.225. The first-order valence-electron chi connectivity index (χ1n) is 6.88. The van der Waals surface area contributed by atoms with Crippen molar-refractivity contribution in [3.63, 3.8) is 0 Å². The number of hydrogen-bond acceptors (Lipinski definition) is 5. The molecule has 21 heavy (non-hydrogen) atoms. The number of ether oxygens (including phenoxy) is 1. The molecule has 0 radical (unpaired) electrons. The Hall–Kier alpha value is -2.17. The lowest BCUT2D eigenvalue weighted by molar-refractivity contribution is -0.117. The third-order valence-electron chi connectivity index (χ3n) is 3.22. The van der Waals surface area contributed by atoms with E-state index in [0.29, 0.717) is 6.54 Å². The van der Waals surface area contributed by atoms with Crippen molar-refractivity contribution in [3.8, 4) is 6.07 Å². The van der Waals surface area contributed by atoms with Crippen molar-refractivity contribution in [2.45, 2.75) is 0 Å². The molecular formula is C14H19N5O2. The zero-order valence-corrected chi connectivity index (χ0v) is 12.1. The minimum absolute atomic E-state index is 0.0879. The molecule has 2 heterocycles. The third-order valence-corrected chi connectivity index (χ3v) is 3.22. The fourth-order valence-electron chi connectivity index (χ4n) is 2.08. The van der Waals surface area contributed by atoms with Crippen molar-refractivity contribution < 1.29 is 9.53 Å². The van der Waals surface area contributed by atoms with Crippen LogP contribution in [0.15, 0.2) is 18.0 Å². The molecule has 0 spiro atoms. The number of morpholine rings is 1. The van der Waals surface area contributed by atoms with Crippen LogP contribution in [-0.4, -0.2) is 60.0 Å². The average molecular weight is 289 g/mol. The van der Waals surface area contributed by atoms with E-state index >= 15 is 0 Å². The number of aryl methyl sites for hydroxylation is 1. The number of amides is 1. The van der Waals surface area contributed by atoms with Crippen LogP contribution in [0.2, 0.25) is 0 Å². The minimum Gasteiger partial charge on any atom is -0.379 e. The van der Waals surface area contributed by atoms with E-state index in [1.54, 1.807) is 24.1 Å². The number of nitrogens with one attached hydrogen (secondary N) is 1. The summed E-state index contributed by atoms with van der Waals surface area (Å²) in [5, 5.41) is 15.8. The van der Waals surface area contributed by atoms with E-state index in [-0.39, 0.29) is 11.5 Å². The van der Waals surface area contributed by atoms with Gasteiger partial charge < -0.3 is 10.1 Å². The quantitative estimate of drug-likeness (QED) is 0.598. The van der Waals surface area contributed by atoms with Gasteiger partial charge in [-0.1, -0.05) is 0 Å². The summed E-state index contributed by atoms with van der Waals surface area (Å²) in [5.41, 5.74) is 0.822. The molecule has 0 aliphatic carbocycles. The molecule has 0 saturated carbocycles. The molecule has 1 aromatic rings. The Morgan fingerprint density at radius 3 is 2.95 bits per heavy atom. The maximum absolute atomic E-state index is 12.0. The summed E-state index contributed by atoms with van der Waals surface area (Å²) in [7, 11) is 1.78. The molecule has 1 aliphatic heterocycles. The summed E-state index contributed by atoms with van der Waals surface area (Å²) in [6.07, 6.45) is 4.90. The summed E-state index contributed by atoms with van der Waals surface area (Å²) in [6, 6.07) is 1.93. The minimum atomic E-state index is -0.352. The molecule has 0 atom stereocenters. The summed E-state index contributed by atoms with van der Waals surface area (Å²) >= 11 is 0. The fourth-order valence-corrected chi connectivity index (χ4v) is 2.08. The standard InChI is InChI=1S/C14H19N5O2/c1-18-11-12(10-17-18)8-13(9-15)14(20)16-2-3-19-4-6-21-7-5-19/h8,10-11H,2-7H2,1H3,(H,16,20)/b13-8-. The largest absolute Gasteiger partial charge is 0.379 e. The highest BCUT2D eigenvalue weighted by Crippen LogP contribution is 2.05. The monoisotopic (exact) mass is 289 g/mol. The number of carbonyl (C=O) groups is 1. The highest BCUT2D eigenvalue weighted by Gasteiger charge is 2.12. The van der Waals surface area contributed by atoms with Gasteiger partial charge in [-0.2, -0.15) is 10.4 Å². The van der Waals surface area contributed by atoms with Crippen LogP contribution in [0.3, 0.4) is 0 Å². The average Bonchev–Trinajstić information content (AvgIpc) is 2.91. The van der Waals surface area contributed by atoms with E-state index in [9.17, 15) is 4.79 Å². The highest BCUT2D eigenvalue weighted by molar-refractivity contribution is 6.01. The number of aromatic nitrogens is 2. The third kappa shape index (κ3) is 4.70. The van der Waals surface area contributed by atoms with E-state index in [4.69, 9.17) is 10.00 Å². The van der Waals surface area contributed by atoms with Crippen LogP contribution >= 0.6 is 0 Å². The van der Waals surface area contributed by atoms with Crippen molar-refractivity contribution in [1.29, 1.82) is 5.26 Å². The van der Waals surface area contributed by atoms with Gasteiger partial charge in [-0.25, -0.2) is 0 Å². The maximum Gasteiger partial charge on any atom is 0.262 e. The van der Waals surface area contributed by atoms with Crippen LogP contribution in [0.5, 0.6) is 0 Å². The van der Waals surface area contributed by atoms with Gasteiger partial charge in [0.25, 0.3) is 5.91 Å². The summed E-state index contributed by atoms with van der Waals surface area (Å²) in [4.78, 5) is 14.2. The van der Waals surface area contributed by atoms with Crippen LogP contribution in [0.1, 0.15) is 5.56 Å². The lowest BCUT2D eigenvalue weighted by Crippen LogP contribution is -2.41. The van der Waals surface area contributed by atoms with Gasteiger partial charge in [0.1, 0.15) is 11.6 Å². The lowest BCUT2D eigenvalue weighted by atomic mass is 10.2. The second kappa shape index (κ2) is 7.57. The fraction of sp³-hybridized carbons (Fsp3) is 0.500. The lowest BCUT2D eigenvalue weighted by Gasteiger charge is -2.26. The Balaban J connectivity index is 1.83. The SMILES string of the molecule is Cn1cc(/C=C(/C#N)C(=O)NCCN2CCOCC2)cn1. The van der Waals surface area contributed by atoms with Crippen molar-refractivity contribution in [1.82, 2.24) is 20.0 Å². The topological polar surface area (TPSA) is 83.2 Å². The van der Waals surface area contributed by atoms with Crippen LogP contribution in [-0.2, 0) is 16.6 Å². The van der Waals surface area contributed by atoms with Crippen molar-refractivity contribution in [2.75, 3.05) is 39.4 Å². The second-order valence-corrected chi connectivity index (χ2v) is 4.83. The number of hydrogen-bond donors (Lipinski definition) is 1. The van der Waals surface area contributed by atoms with Gasteiger partial charge >= 0.3 is 0 Å². The number of carbonyl (C=O) groups excluding carboxylic acids is 1. The van der Waals surface area contributed by atoms with E-state index in [2.05, 4.69) is 15.3 Å². The molecule has 1 aliphatic rings. The Bertz CT molecular complexity index is 552. The molecule has 0 aromatic carbocycles. The number of rotatable bonds is 5. The van der Waals surface area contributed by atoms with E-state index in [1.165, 1.54) is 6.08 Å². The Labute approximate surface area is 123 Å². The van der Waals surface area contributed by atoms with Gasteiger partial charge in [-0.05, 0) is 6.08 Å². The first-order chi connectivity index (χ1) is 10.2. The first kappa shape index (κ1) is 15.2. The molecule has 7 nitrogen and oxygen atoms in total.